The summed E-state index contributed by atoms with van der Waals surface area (Å²) in [6.45, 7) is 3.42. The van der Waals surface area contributed by atoms with Gasteiger partial charge in [-0.1, -0.05) is 19.1 Å². The first-order valence-corrected chi connectivity index (χ1v) is 8.22. The van der Waals surface area contributed by atoms with Crippen molar-refractivity contribution in [3.63, 3.8) is 0 Å². The molecule has 1 aromatic heterocycles. The molecule has 1 saturated heterocycles. The Morgan fingerprint density at radius 1 is 1.20 bits per heavy atom. The van der Waals surface area contributed by atoms with E-state index in [1.807, 2.05) is 4.90 Å². The summed E-state index contributed by atoms with van der Waals surface area (Å²) in [5.74, 6) is 1.11. The Bertz CT molecular complexity index is 749. The summed E-state index contributed by atoms with van der Waals surface area (Å²) >= 11 is 0. The molecular formula is C18H20F3N3O. The van der Waals surface area contributed by atoms with Gasteiger partial charge in [0.2, 0.25) is 5.95 Å². The number of alkyl halides is 3. The van der Waals surface area contributed by atoms with Gasteiger partial charge < -0.3 is 9.64 Å². The maximum absolute atomic E-state index is 13.3. The molecule has 0 amide bonds. The SMILES string of the molecule is COc1cccc(-c2cc(C(F)(F)F)nc(N3CCCC(C)C3)n2)c1. The van der Waals surface area contributed by atoms with Crippen molar-refractivity contribution in [3.05, 3.63) is 36.0 Å². The molecule has 0 bridgehead atoms. The van der Waals surface area contributed by atoms with Crippen LogP contribution in [0.5, 0.6) is 5.75 Å². The summed E-state index contributed by atoms with van der Waals surface area (Å²) in [7, 11) is 1.51. The van der Waals surface area contributed by atoms with E-state index in [0.717, 1.165) is 18.9 Å². The fourth-order valence-electron chi connectivity index (χ4n) is 3.02. The minimum Gasteiger partial charge on any atom is -0.497 e. The molecule has 1 aliphatic heterocycles. The lowest BCUT2D eigenvalue weighted by atomic mass is 10.0. The fraction of sp³-hybridized carbons (Fsp3) is 0.444. The summed E-state index contributed by atoms with van der Waals surface area (Å²) < 4.78 is 45.1. The normalized spacial score (nSPS) is 18.3. The van der Waals surface area contributed by atoms with Crippen LogP contribution in [0.2, 0.25) is 0 Å². The van der Waals surface area contributed by atoms with Crippen LogP contribution in [0.3, 0.4) is 0 Å². The van der Waals surface area contributed by atoms with Gasteiger partial charge in [0, 0.05) is 18.7 Å². The molecule has 1 unspecified atom stereocenters. The van der Waals surface area contributed by atoms with Crippen LogP contribution in [-0.4, -0.2) is 30.2 Å². The number of methoxy groups -OCH3 is 1. The molecular weight excluding hydrogens is 331 g/mol. The van der Waals surface area contributed by atoms with Crippen LogP contribution in [0.15, 0.2) is 30.3 Å². The van der Waals surface area contributed by atoms with E-state index in [4.69, 9.17) is 4.74 Å². The van der Waals surface area contributed by atoms with Gasteiger partial charge in [-0.2, -0.15) is 13.2 Å². The number of rotatable bonds is 3. The molecule has 0 spiro atoms. The van der Waals surface area contributed by atoms with Crippen molar-refractivity contribution in [1.29, 1.82) is 0 Å². The predicted molar refractivity (Wildman–Crippen MR) is 89.6 cm³/mol. The molecule has 134 valence electrons. The predicted octanol–water partition coefficient (Wildman–Crippen LogP) is 4.41. The Morgan fingerprint density at radius 3 is 2.68 bits per heavy atom. The number of benzene rings is 1. The molecule has 1 fully saturated rings. The topological polar surface area (TPSA) is 38.2 Å². The molecule has 2 heterocycles. The Morgan fingerprint density at radius 2 is 2.00 bits per heavy atom. The fourth-order valence-corrected chi connectivity index (χ4v) is 3.02. The van der Waals surface area contributed by atoms with Crippen molar-refractivity contribution in [2.24, 2.45) is 5.92 Å². The molecule has 4 nitrogen and oxygen atoms in total. The van der Waals surface area contributed by atoms with Gasteiger partial charge in [0.1, 0.15) is 5.75 Å². The highest BCUT2D eigenvalue weighted by atomic mass is 19.4. The maximum Gasteiger partial charge on any atom is 0.433 e. The Balaban J connectivity index is 2.06. The number of anilines is 1. The summed E-state index contributed by atoms with van der Waals surface area (Å²) in [5.41, 5.74) is -0.110. The Kier molecular flexibility index (Phi) is 4.83. The molecule has 1 aromatic carbocycles. The summed E-state index contributed by atoms with van der Waals surface area (Å²) in [5, 5.41) is 0. The summed E-state index contributed by atoms with van der Waals surface area (Å²) in [4.78, 5) is 10.0. The van der Waals surface area contributed by atoms with Crippen LogP contribution in [0.1, 0.15) is 25.5 Å². The van der Waals surface area contributed by atoms with E-state index >= 15 is 0 Å². The third-order valence-corrected chi connectivity index (χ3v) is 4.31. The largest absolute Gasteiger partial charge is 0.497 e. The van der Waals surface area contributed by atoms with Crippen LogP contribution in [0, 0.1) is 5.92 Å². The minimum absolute atomic E-state index is 0.138. The van der Waals surface area contributed by atoms with E-state index in [9.17, 15) is 13.2 Å². The van der Waals surface area contributed by atoms with Crippen molar-refractivity contribution in [2.75, 3.05) is 25.1 Å². The highest BCUT2D eigenvalue weighted by Crippen LogP contribution is 2.33. The quantitative estimate of drug-likeness (QED) is 0.821. The second-order valence-corrected chi connectivity index (χ2v) is 6.36. The molecule has 1 aliphatic rings. The van der Waals surface area contributed by atoms with Gasteiger partial charge in [-0.05, 0) is 37.0 Å². The number of ether oxygens (including phenoxy) is 1. The number of piperidine rings is 1. The van der Waals surface area contributed by atoms with Crippen LogP contribution >= 0.6 is 0 Å². The van der Waals surface area contributed by atoms with Crippen molar-refractivity contribution in [2.45, 2.75) is 25.9 Å². The van der Waals surface area contributed by atoms with Gasteiger partial charge in [0.15, 0.2) is 5.69 Å². The number of aromatic nitrogens is 2. The molecule has 7 heteroatoms. The number of hydrogen-bond donors (Lipinski definition) is 0. The van der Waals surface area contributed by atoms with Gasteiger partial charge >= 0.3 is 6.18 Å². The van der Waals surface area contributed by atoms with Gasteiger partial charge in [0.05, 0.1) is 12.8 Å². The van der Waals surface area contributed by atoms with Crippen LogP contribution in [0.25, 0.3) is 11.3 Å². The van der Waals surface area contributed by atoms with E-state index < -0.39 is 11.9 Å². The zero-order valence-electron chi connectivity index (χ0n) is 14.2. The van der Waals surface area contributed by atoms with Crippen molar-refractivity contribution in [3.8, 4) is 17.0 Å². The smallest absolute Gasteiger partial charge is 0.433 e. The molecule has 1 atom stereocenters. The summed E-state index contributed by atoms with van der Waals surface area (Å²) in [6, 6.07) is 7.85. The highest BCUT2D eigenvalue weighted by Gasteiger charge is 2.34. The van der Waals surface area contributed by atoms with Crippen molar-refractivity contribution in [1.82, 2.24) is 9.97 Å². The minimum atomic E-state index is -4.52. The lowest BCUT2D eigenvalue weighted by Gasteiger charge is -2.31. The molecule has 3 rings (SSSR count). The molecule has 25 heavy (non-hydrogen) atoms. The second-order valence-electron chi connectivity index (χ2n) is 6.36. The number of halogens is 3. The Labute approximate surface area is 144 Å². The van der Waals surface area contributed by atoms with Gasteiger partial charge in [-0.15, -0.1) is 0 Å². The monoisotopic (exact) mass is 351 g/mol. The van der Waals surface area contributed by atoms with Crippen LogP contribution in [0.4, 0.5) is 19.1 Å². The molecule has 2 aromatic rings. The highest BCUT2D eigenvalue weighted by molar-refractivity contribution is 5.63. The lowest BCUT2D eigenvalue weighted by molar-refractivity contribution is -0.141. The van der Waals surface area contributed by atoms with Gasteiger partial charge in [-0.3, -0.25) is 0 Å². The average Bonchev–Trinajstić information content (AvgIpc) is 2.60. The van der Waals surface area contributed by atoms with Gasteiger partial charge in [-0.25, -0.2) is 9.97 Å². The van der Waals surface area contributed by atoms with Crippen LogP contribution in [-0.2, 0) is 6.18 Å². The molecule has 0 saturated carbocycles. The summed E-state index contributed by atoms with van der Waals surface area (Å²) in [6.07, 6.45) is -2.53. The van der Waals surface area contributed by atoms with E-state index in [0.29, 0.717) is 30.3 Å². The molecule has 0 N–H and O–H groups in total. The number of hydrogen-bond acceptors (Lipinski definition) is 4. The molecule has 0 aliphatic carbocycles. The maximum atomic E-state index is 13.3. The second kappa shape index (κ2) is 6.90. The first-order chi connectivity index (χ1) is 11.9. The third kappa shape index (κ3) is 4.03. The zero-order valence-corrected chi connectivity index (χ0v) is 14.2. The lowest BCUT2D eigenvalue weighted by Crippen LogP contribution is -2.36. The van der Waals surface area contributed by atoms with E-state index in [1.54, 1.807) is 24.3 Å². The van der Waals surface area contributed by atoms with E-state index in [2.05, 4.69) is 16.9 Å². The first-order valence-electron chi connectivity index (χ1n) is 8.22. The standard InChI is InChI=1S/C18H20F3N3O/c1-12-5-4-8-24(11-12)17-22-15(10-16(23-17)18(19,20)21)13-6-3-7-14(9-13)25-2/h3,6-7,9-10,12H,4-5,8,11H2,1-2H3. The average molecular weight is 351 g/mol. The third-order valence-electron chi connectivity index (χ3n) is 4.31. The first kappa shape index (κ1) is 17.5. The Hall–Kier alpha value is -2.31. The molecule has 0 radical (unpaired) electrons. The van der Waals surface area contributed by atoms with Crippen molar-refractivity contribution < 1.29 is 17.9 Å². The van der Waals surface area contributed by atoms with E-state index in [-0.39, 0.29) is 11.6 Å². The zero-order chi connectivity index (χ0) is 18.0. The van der Waals surface area contributed by atoms with Crippen LogP contribution < -0.4 is 9.64 Å². The van der Waals surface area contributed by atoms with Gasteiger partial charge in [0.25, 0.3) is 0 Å². The van der Waals surface area contributed by atoms with Crippen molar-refractivity contribution >= 4 is 5.95 Å². The van der Waals surface area contributed by atoms with E-state index in [1.165, 1.54) is 7.11 Å². The number of nitrogens with zero attached hydrogens (tertiary/aromatic N) is 3.